The molecule has 0 amide bonds. The van der Waals surface area contributed by atoms with Gasteiger partial charge in [-0.3, -0.25) is 0 Å². The molecule has 7 nitrogen and oxygen atoms in total. The highest BCUT2D eigenvalue weighted by Gasteiger charge is 1.96. The minimum atomic E-state index is 0.533. The van der Waals surface area contributed by atoms with E-state index in [0.717, 1.165) is 18.8 Å². The van der Waals surface area contributed by atoms with Gasteiger partial charge in [0.15, 0.2) is 0 Å². The van der Waals surface area contributed by atoms with Crippen LogP contribution in [-0.4, -0.2) is 85.9 Å². The van der Waals surface area contributed by atoms with Crippen molar-refractivity contribution in [3.05, 3.63) is 30.3 Å². The quantitative estimate of drug-likeness (QED) is 0.184. The summed E-state index contributed by atoms with van der Waals surface area (Å²) >= 11 is 0. The molecule has 0 radical (unpaired) electrons. The van der Waals surface area contributed by atoms with Crippen LogP contribution in [0.15, 0.2) is 30.3 Å². The van der Waals surface area contributed by atoms with Crippen molar-refractivity contribution in [2.45, 2.75) is 45.4 Å². The summed E-state index contributed by atoms with van der Waals surface area (Å²) in [5.74, 6) is 0.856. The van der Waals surface area contributed by atoms with Gasteiger partial charge in [-0.2, -0.15) is 0 Å². The molecule has 0 aliphatic heterocycles. The molecule has 0 aromatic heterocycles. The Morgan fingerprint density at radius 3 is 1.30 bits per heavy atom. The molecular weight excluding hydrogens is 424 g/mol. The van der Waals surface area contributed by atoms with Crippen molar-refractivity contribution in [1.82, 2.24) is 0 Å². The van der Waals surface area contributed by atoms with Crippen molar-refractivity contribution >= 4 is 0 Å². The number of para-hydroxylation sites is 1. The Kier molecular flexibility index (Phi) is 22.9. The topological polar surface area (TPSA) is 64.6 Å². The van der Waals surface area contributed by atoms with E-state index in [4.69, 9.17) is 33.2 Å². The zero-order valence-corrected chi connectivity index (χ0v) is 20.7. The lowest BCUT2D eigenvalue weighted by Gasteiger charge is -2.09. The molecule has 0 bridgehead atoms. The maximum absolute atomic E-state index is 5.57. The summed E-state index contributed by atoms with van der Waals surface area (Å²) < 4.78 is 38.5. The zero-order valence-electron chi connectivity index (χ0n) is 20.7. The number of ether oxygens (including phenoxy) is 7. The number of hydrogen-bond donors (Lipinski definition) is 0. The maximum atomic E-state index is 5.57. The second kappa shape index (κ2) is 25.4. The molecule has 0 heterocycles. The lowest BCUT2D eigenvalue weighted by atomic mass is 10.1. The Morgan fingerprint density at radius 2 is 0.818 bits per heavy atom. The van der Waals surface area contributed by atoms with Crippen molar-refractivity contribution in [2.24, 2.45) is 0 Å². The van der Waals surface area contributed by atoms with Crippen LogP contribution in [0.5, 0.6) is 5.75 Å². The Morgan fingerprint density at radius 1 is 0.424 bits per heavy atom. The fourth-order valence-electron chi connectivity index (χ4n) is 2.92. The molecular formula is C26H46O7. The molecule has 0 unspecified atom stereocenters. The van der Waals surface area contributed by atoms with Crippen molar-refractivity contribution in [2.75, 3.05) is 85.9 Å². The summed E-state index contributed by atoms with van der Waals surface area (Å²) in [6, 6.07) is 9.71. The Labute approximate surface area is 201 Å². The van der Waals surface area contributed by atoms with Gasteiger partial charge in [0.25, 0.3) is 0 Å². The Bertz CT molecular complexity index is 487. The largest absolute Gasteiger partial charge is 0.491 e. The van der Waals surface area contributed by atoms with Crippen molar-refractivity contribution < 1.29 is 33.2 Å². The van der Waals surface area contributed by atoms with Gasteiger partial charge < -0.3 is 33.2 Å². The second-order valence-electron chi connectivity index (χ2n) is 7.60. The predicted molar refractivity (Wildman–Crippen MR) is 130 cm³/mol. The molecule has 0 aliphatic rings. The van der Waals surface area contributed by atoms with Crippen molar-refractivity contribution in [1.29, 1.82) is 0 Å². The zero-order chi connectivity index (χ0) is 23.5. The molecule has 0 atom stereocenters. The molecule has 0 spiro atoms. The SMILES string of the molecule is CCCCCCCCOCCOCCOCCOCCOCCOCCOc1ccccc1. The summed E-state index contributed by atoms with van der Waals surface area (Å²) in [5, 5.41) is 0. The van der Waals surface area contributed by atoms with Crippen LogP contribution in [-0.2, 0) is 28.4 Å². The second-order valence-corrected chi connectivity index (χ2v) is 7.60. The molecule has 192 valence electrons. The first-order chi connectivity index (χ1) is 16.4. The number of benzene rings is 1. The maximum Gasteiger partial charge on any atom is 0.119 e. The van der Waals surface area contributed by atoms with Gasteiger partial charge in [0.2, 0.25) is 0 Å². The summed E-state index contributed by atoms with van der Waals surface area (Å²) in [6.07, 6.45) is 7.73. The van der Waals surface area contributed by atoms with E-state index in [2.05, 4.69) is 6.92 Å². The van der Waals surface area contributed by atoms with Gasteiger partial charge in [-0.25, -0.2) is 0 Å². The lowest BCUT2D eigenvalue weighted by Crippen LogP contribution is -2.14. The molecule has 1 aromatic rings. The van der Waals surface area contributed by atoms with Gasteiger partial charge in [-0.05, 0) is 18.6 Å². The first kappa shape index (κ1) is 29.8. The number of rotatable bonds is 26. The van der Waals surface area contributed by atoms with Gasteiger partial charge in [0, 0.05) is 6.61 Å². The van der Waals surface area contributed by atoms with Crippen LogP contribution in [0, 0.1) is 0 Å². The highest BCUT2D eigenvalue weighted by atomic mass is 16.6. The van der Waals surface area contributed by atoms with Crippen LogP contribution < -0.4 is 4.74 Å². The standard InChI is InChI=1S/C26H46O7/c1-2-3-4-5-6-10-13-27-14-15-28-16-17-29-18-19-30-20-21-31-22-23-32-24-25-33-26-11-8-7-9-12-26/h7-9,11-12H,2-6,10,13-25H2,1H3. The van der Waals surface area contributed by atoms with Gasteiger partial charge in [0.05, 0.1) is 72.7 Å². The highest BCUT2D eigenvalue weighted by molar-refractivity contribution is 5.20. The Balaban J connectivity index is 1.64. The monoisotopic (exact) mass is 470 g/mol. The van der Waals surface area contributed by atoms with Crippen LogP contribution in [0.3, 0.4) is 0 Å². The van der Waals surface area contributed by atoms with E-state index < -0.39 is 0 Å². The van der Waals surface area contributed by atoms with Crippen LogP contribution >= 0.6 is 0 Å². The molecule has 0 fully saturated rings. The van der Waals surface area contributed by atoms with E-state index in [1.807, 2.05) is 30.3 Å². The molecule has 33 heavy (non-hydrogen) atoms. The third-order valence-corrected chi connectivity index (χ3v) is 4.74. The van der Waals surface area contributed by atoms with Crippen LogP contribution in [0.1, 0.15) is 45.4 Å². The fourth-order valence-corrected chi connectivity index (χ4v) is 2.92. The van der Waals surface area contributed by atoms with E-state index >= 15 is 0 Å². The number of hydrogen-bond acceptors (Lipinski definition) is 7. The fraction of sp³-hybridized carbons (Fsp3) is 0.769. The Hall–Kier alpha value is -1.22. The van der Waals surface area contributed by atoms with E-state index in [9.17, 15) is 0 Å². The molecule has 7 heteroatoms. The van der Waals surface area contributed by atoms with Crippen LogP contribution in [0.2, 0.25) is 0 Å². The third-order valence-electron chi connectivity index (χ3n) is 4.74. The van der Waals surface area contributed by atoms with E-state index in [-0.39, 0.29) is 0 Å². The first-order valence-corrected chi connectivity index (χ1v) is 12.6. The highest BCUT2D eigenvalue weighted by Crippen LogP contribution is 2.07. The average Bonchev–Trinajstić information content (AvgIpc) is 2.84. The minimum absolute atomic E-state index is 0.533. The molecule has 0 saturated carbocycles. The van der Waals surface area contributed by atoms with Crippen LogP contribution in [0.4, 0.5) is 0 Å². The van der Waals surface area contributed by atoms with Gasteiger partial charge in [0.1, 0.15) is 12.4 Å². The summed E-state index contributed by atoms with van der Waals surface area (Å²) in [6.45, 7) is 9.89. The van der Waals surface area contributed by atoms with E-state index in [0.29, 0.717) is 79.3 Å². The van der Waals surface area contributed by atoms with Crippen LogP contribution in [0.25, 0.3) is 0 Å². The summed E-state index contributed by atoms with van der Waals surface area (Å²) in [5.41, 5.74) is 0. The molecule has 0 aliphatic carbocycles. The third kappa shape index (κ3) is 22.3. The first-order valence-electron chi connectivity index (χ1n) is 12.6. The van der Waals surface area contributed by atoms with Gasteiger partial charge in [-0.15, -0.1) is 0 Å². The number of unbranched alkanes of at least 4 members (excludes halogenated alkanes) is 5. The molecule has 0 N–H and O–H groups in total. The molecule has 1 aromatic carbocycles. The predicted octanol–water partition coefficient (Wildman–Crippen LogP) is 4.53. The lowest BCUT2D eigenvalue weighted by molar-refractivity contribution is -0.0179. The van der Waals surface area contributed by atoms with Crippen molar-refractivity contribution in [3.63, 3.8) is 0 Å². The van der Waals surface area contributed by atoms with E-state index in [1.54, 1.807) is 0 Å². The normalized spacial score (nSPS) is 11.2. The smallest absolute Gasteiger partial charge is 0.119 e. The molecule has 0 saturated heterocycles. The van der Waals surface area contributed by atoms with Crippen molar-refractivity contribution in [3.8, 4) is 5.75 Å². The van der Waals surface area contributed by atoms with Gasteiger partial charge in [-0.1, -0.05) is 57.2 Å². The van der Waals surface area contributed by atoms with E-state index in [1.165, 1.54) is 32.1 Å². The van der Waals surface area contributed by atoms with Gasteiger partial charge >= 0.3 is 0 Å². The molecule has 1 rings (SSSR count). The minimum Gasteiger partial charge on any atom is -0.491 e. The summed E-state index contributed by atoms with van der Waals surface area (Å²) in [7, 11) is 0. The summed E-state index contributed by atoms with van der Waals surface area (Å²) in [4.78, 5) is 0. The average molecular weight is 471 g/mol.